The molecule has 1 unspecified atom stereocenters. The highest BCUT2D eigenvalue weighted by Crippen LogP contribution is 2.30. The van der Waals surface area contributed by atoms with Gasteiger partial charge in [0.15, 0.2) is 0 Å². The Bertz CT molecular complexity index is 534. The van der Waals surface area contributed by atoms with Crippen molar-refractivity contribution >= 4 is 34.2 Å². The normalized spacial score (nSPS) is 19.2. The van der Waals surface area contributed by atoms with E-state index in [4.69, 9.17) is 17.0 Å². The molecule has 2 heterocycles. The van der Waals surface area contributed by atoms with Crippen LogP contribution < -0.4 is 5.32 Å². The van der Waals surface area contributed by atoms with Gasteiger partial charge in [-0.25, -0.2) is 4.99 Å². The number of pyridine rings is 1. The third kappa shape index (κ3) is 2.49. The van der Waals surface area contributed by atoms with Gasteiger partial charge in [0.1, 0.15) is 11.4 Å². The summed E-state index contributed by atoms with van der Waals surface area (Å²) in [6.45, 7) is 2.04. The lowest BCUT2D eigenvalue weighted by molar-refractivity contribution is -0.555. The lowest BCUT2D eigenvalue weighted by Gasteiger charge is -2.17. The zero-order valence-electron chi connectivity index (χ0n) is 10.4. The number of allylic oxidation sites excluding steroid dienone is 1. The molecule has 0 bridgehead atoms. The number of nitrogens with one attached hydrogen (secondary N) is 1. The number of nitrogens with zero attached hydrogens (tertiary/aromatic N) is 2. The van der Waals surface area contributed by atoms with Crippen molar-refractivity contribution in [2.75, 3.05) is 7.05 Å². The second-order valence-electron chi connectivity index (χ2n) is 4.33. The summed E-state index contributed by atoms with van der Waals surface area (Å²) in [6.07, 6.45) is 5.81. The van der Waals surface area contributed by atoms with Crippen LogP contribution >= 0.6 is 11.6 Å². The molecule has 18 heavy (non-hydrogen) atoms. The zero-order chi connectivity index (χ0) is 13.1. The molecule has 4 nitrogen and oxygen atoms in total. The number of hydrogen-bond acceptors (Lipinski definition) is 3. The number of nitrogens with two attached hydrogens (primary N) is 1. The minimum atomic E-state index is 0.235. The average Bonchev–Trinajstić information content (AvgIpc) is 2.37. The van der Waals surface area contributed by atoms with Gasteiger partial charge < -0.3 is 10.7 Å². The molecule has 0 aliphatic carbocycles. The average molecular weight is 264 g/mol. The first kappa shape index (κ1) is 12.9. The van der Waals surface area contributed by atoms with Crippen molar-refractivity contribution in [1.82, 2.24) is 4.98 Å². The lowest BCUT2D eigenvalue weighted by atomic mass is 10.0. The lowest BCUT2D eigenvalue weighted by Crippen LogP contribution is -2.72. The molecule has 1 aliphatic rings. The topological polar surface area (TPSA) is 65.7 Å². The Morgan fingerprint density at radius 3 is 3.06 bits per heavy atom. The summed E-state index contributed by atoms with van der Waals surface area (Å²) in [5.41, 5.74) is 3.50. The van der Waals surface area contributed by atoms with Crippen LogP contribution in [0.5, 0.6) is 0 Å². The largest absolute Gasteiger partial charge is 0.322 e. The fraction of sp³-hybridized carbons (Fsp3) is 0.308. The Labute approximate surface area is 111 Å². The van der Waals surface area contributed by atoms with Crippen molar-refractivity contribution in [2.24, 2.45) is 10.9 Å². The zero-order valence-corrected chi connectivity index (χ0v) is 11.2. The minimum Gasteiger partial charge on any atom is -0.322 e. The molecule has 0 spiro atoms. The molecule has 94 valence electrons. The predicted octanol–water partition coefficient (Wildman–Crippen LogP) is 1.73. The molecule has 0 radical (unpaired) electrons. The first-order valence-corrected chi connectivity index (χ1v) is 6.27. The van der Waals surface area contributed by atoms with Gasteiger partial charge in [0.2, 0.25) is 0 Å². The monoisotopic (exact) mass is 263 g/mol. The minimum absolute atomic E-state index is 0.235. The molecule has 0 fully saturated rings. The quantitative estimate of drug-likeness (QED) is 0.802. The summed E-state index contributed by atoms with van der Waals surface area (Å²) in [7, 11) is 1.92. The number of rotatable bonds is 3. The van der Waals surface area contributed by atoms with Crippen molar-refractivity contribution < 1.29 is 5.32 Å². The fourth-order valence-electron chi connectivity index (χ4n) is 1.90. The van der Waals surface area contributed by atoms with E-state index in [9.17, 15) is 0 Å². The third-order valence-corrected chi connectivity index (χ3v) is 3.37. The summed E-state index contributed by atoms with van der Waals surface area (Å²) in [4.78, 5) is 8.80. The van der Waals surface area contributed by atoms with E-state index in [1.165, 1.54) is 6.21 Å². The Hall–Kier alpha value is -1.52. The van der Waals surface area contributed by atoms with Crippen molar-refractivity contribution in [3.8, 4) is 0 Å². The maximum absolute atomic E-state index is 7.41. The molecule has 0 amide bonds. The van der Waals surface area contributed by atoms with E-state index in [-0.39, 0.29) is 5.92 Å². The van der Waals surface area contributed by atoms with Gasteiger partial charge in [0, 0.05) is 30.3 Å². The van der Waals surface area contributed by atoms with Crippen molar-refractivity contribution in [3.63, 3.8) is 0 Å². The van der Waals surface area contributed by atoms with E-state index >= 15 is 0 Å². The second-order valence-corrected chi connectivity index (χ2v) is 4.72. The number of fused-ring (bicyclic) bond motifs is 1. The molecule has 3 N–H and O–H groups in total. The molecular weight excluding hydrogens is 248 g/mol. The Kier molecular flexibility index (Phi) is 3.89. The summed E-state index contributed by atoms with van der Waals surface area (Å²) < 4.78 is 0. The van der Waals surface area contributed by atoms with E-state index in [0.29, 0.717) is 5.17 Å². The van der Waals surface area contributed by atoms with E-state index < -0.39 is 0 Å². The first-order chi connectivity index (χ1) is 8.65. The molecule has 1 aromatic heterocycles. The summed E-state index contributed by atoms with van der Waals surface area (Å²) >= 11 is 6.08. The summed E-state index contributed by atoms with van der Waals surface area (Å²) in [5, 5.41) is 9.94. The molecule has 5 heteroatoms. The van der Waals surface area contributed by atoms with Gasteiger partial charge in [-0.15, -0.1) is 0 Å². The summed E-state index contributed by atoms with van der Waals surface area (Å²) in [6, 6.07) is 1.94. The number of quaternary nitrogens is 1. The van der Waals surface area contributed by atoms with Gasteiger partial charge in [0.25, 0.3) is 0 Å². The molecule has 0 saturated carbocycles. The van der Waals surface area contributed by atoms with Crippen molar-refractivity contribution in [1.29, 1.82) is 5.41 Å². The Morgan fingerprint density at radius 2 is 2.39 bits per heavy atom. The fourth-order valence-corrected chi connectivity index (χ4v) is 2.07. The molecule has 0 aromatic carbocycles. The maximum atomic E-state index is 7.41. The van der Waals surface area contributed by atoms with E-state index in [2.05, 4.69) is 9.98 Å². The van der Waals surface area contributed by atoms with E-state index in [1.807, 2.05) is 31.6 Å². The van der Waals surface area contributed by atoms with Crippen LogP contribution in [-0.2, 0) is 6.42 Å². The van der Waals surface area contributed by atoms with Crippen LogP contribution in [-0.4, -0.2) is 23.4 Å². The molecule has 2 rings (SSSR count). The van der Waals surface area contributed by atoms with Gasteiger partial charge in [-0.1, -0.05) is 18.5 Å². The van der Waals surface area contributed by atoms with Crippen LogP contribution in [0.3, 0.4) is 0 Å². The molecule has 1 aliphatic heterocycles. The van der Waals surface area contributed by atoms with Gasteiger partial charge in [-0.2, -0.15) is 0 Å². The van der Waals surface area contributed by atoms with Crippen molar-refractivity contribution in [3.05, 3.63) is 29.7 Å². The highest BCUT2D eigenvalue weighted by Gasteiger charge is 2.19. The van der Waals surface area contributed by atoms with Crippen molar-refractivity contribution in [2.45, 2.75) is 13.3 Å². The smallest absolute Gasteiger partial charge is 0.110 e. The van der Waals surface area contributed by atoms with Gasteiger partial charge >= 0.3 is 0 Å². The molecule has 1 aromatic rings. The van der Waals surface area contributed by atoms with Gasteiger partial charge in [-0.3, -0.25) is 4.98 Å². The highest BCUT2D eigenvalue weighted by atomic mass is 35.5. The highest BCUT2D eigenvalue weighted by molar-refractivity contribution is 6.66. The number of aliphatic imine (C=N–C) groups is 1. The predicted molar refractivity (Wildman–Crippen MR) is 74.7 cm³/mol. The molecular formula is C13H16ClN4+. The van der Waals surface area contributed by atoms with Crippen LogP contribution in [0.25, 0.3) is 5.57 Å². The van der Waals surface area contributed by atoms with Crippen LogP contribution in [0.1, 0.15) is 18.2 Å². The van der Waals surface area contributed by atoms with Crippen LogP contribution in [0, 0.1) is 11.3 Å². The van der Waals surface area contributed by atoms with Gasteiger partial charge in [-0.05, 0) is 6.07 Å². The maximum Gasteiger partial charge on any atom is 0.110 e. The van der Waals surface area contributed by atoms with Crippen LogP contribution in [0.4, 0.5) is 5.69 Å². The molecule has 1 atom stereocenters. The number of hydrogen-bond donors (Lipinski definition) is 2. The Morgan fingerprint density at radius 1 is 1.61 bits per heavy atom. The van der Waals surface area contributed by atoms with Gasteiger partial charge in [0.05, 0.1) is 24.0 Å². The second kappa shape index (κ2) is 5.42. The number of halogens is 1. The summed E-state index contributed by atoms with van der Waals surface area (Å²) in [5.74, 6) is 0.235. The SMILES string of the molecule is C[NH2+]/C=C(\C=N)c1cnc2c(c1)N=C(Cl)C(C)C2. The number of aromatic nitrogens is 1. The molecule has 0 saturated heterocycles. The van der Waals surface area contributed by atoms with Crippen LogP contribution in [0.2, 0.25) is 0 Å². The Balaban J connectivity index is 2.44. The van der Waals surface area contributed by atoms with Crippen LogP contribution in [0.15, 0.2) is 23.5 Å². The first-order valence-electron chi connectivity index (χ1n) is 5.89. The standard InChI is InChI=1S/C13H15ClN4/c1-8-3-11-12(18-13(8)14)4-9(7-17-11)10(5-15)6-16-2/h4-8,15-16H,3H2,1-2H3/p+1/b10-6+,15-5?. The van der Waals surface area contributed by atoms with E-state index in [0.717, 1.165) is 28.9 Å². The third-order valence-electron chi connectivity index (χ3n) is 2.92. The van der Waals surface area contributed by atoms with E-state index in [1.54, 1.807) is 6.20 Å².